The van der Waals surface area contributed by atoms with E-state index in [1.54, 1.807) is 0 Å². The number of aliphatic hydroxyl groups excluding tert-OH is 8. The Hall–Kier alpha value is -0.480. The normalized spacial score (nSPS) is 56.2. The SMILES string of the molecule is OCC1OC(OC2C3CC(C4CCC(O)CC4)OC4CC(O)CC([OH+]C2C2CCC(O)C(O)C2)C43)C(O)C(O)C1O. The smallest absolute Gasteiger partial charge is 0.187 e. The average Bonchev–Trinajstić information content (AvgIpc) is 2.95. The molecule has 0 amide bonds. The first-order valence-electron chi connectivity index (χ1n) is 15.7. The van der Waals surface area contributed by atoms with Crippen molar-refractivity contribution in [2.24, 2.45) is 23.7 Å². The molecule has 3 heterocycles. The first-order chi connectivity index (χ1) is 19.6. The molecule has 0 aromatic heterocycles. The molecule has 0 spiro atoms. The van der Waals surface area contributed by atoms with Gasteiger partial charge >= 0.3 is 0 Å². The maximum absolute atomic E-state index is 10.9. The Morgan fingerprint density at radius 3 is 2.10 bits per heavy atom. The van der Waals surface area contributed by atoms with Gasteiger partial charge in [0.05, 0.1) is 49.1 Å². The standard InChI is InChI=1S/C29H48O12/c30-11-22-24(35)25(36)26(37)29(40-22)41-28-16-10-19(12-1-4-14(31)5-2-12)38-20-8-15(32)9-21(23(16)20)39-27(28)13-3-6-17(33)18(34)7-13/h12-37H,1-11H2/p+1. The Labute approximate surface area is 240 Å². The van der Waals surface area contributed by atoms with E-state index in [0.717, 1.165) is 25.7 Å². The second-order valence-electron chi connectivity index (χ2n) is 13.6. The van der Waals surface area contributed by atoms with Crippen molar-refractivity contribution in [2.45, 2.75) is 150 Å². The third kappa shape index (κ3) is 5.97. The van der Waals surface area contributed by atoms with Crippen molar-refractivity contribution >= 4 is 0 Å². The van der Waals surface area contributed by atoms with Crippen LogP contribution in [0.5, 0.6) is 0 Å². The van der Waals surface area contributed by atoms with Gasteiger partial charge in [-0.15, -0.1) is 0 Å². The number of aliphatic hydroxyl groups is 10. The van der Waals surface area contributed by atoms with Crippen LogP contribution in [0.4, 0.5) is 0 Å². The van der Waals surface area contributed by atoms with Crippen molar-refractivity contribution in [1.82, 2.24) is 0 Å². The zero-order valence-electron chi connectivity index (χ0n) is 23.4. The molecule has 16 unspecified atom stereocenters. The summed E-state index contributed by atoms with van der Waals surface area (Å²) in [6, 6.07) is 0. The monoisotopic (exact) mass is 589 g/mol. The largest absolute Gasteiger partial charge is 0.427 e. The molecule has 41 heavy (non-hydrogen) atoms. The lowest BCUT2D eigenvalue weighted by Crippen LogP contribution is -2.68. The predicted octanol–water partition coefficient (Wildman–Crippen LogP) is -1.93. The van der Waals surface area contributed by atoms with Crippen LogP contribution in [0.15, 0.2) is 0 Å². The van der Waals surface area contributed by atoms with E-state index in [-0.39, 0.29) is 48.1 Å². The van der Waals surface area contributed by atoms with Gasteiger partial charge < -0.3 is 59.8 Å². The van der Waals surface area contributed by atoms with Crippen molar-refractivity contribution in [3.05, 3.63) is 0 Å². The van der Waals surface area contributed by atoms with E-state index >= 15 is 0 Å². The fourth-order valence-corrected chi connectivity index (χ4v) is 8.85. The molecular weight excluding hydrogens is 540 g/mol. The molecular formula is C29H49O12+. The van der Waals surface area contributed by atoms with Crippen LogP contribution in [0.2, 0.25) is 0 Å². The highest BCUT2D eigenvalue weighted by Gasteiger charge is 2.62. The molecule has 3 aliphatic carbocycles. The maximum atomic E-state index is 10.9. The predicted molar refractivity (Wildman–Crippen MR) is 141 cm³/mol. The molecule has 236 valence electrons. The van der Waals surface area contributed by atoms with Crippen LogP contribution < -0.4 is 0 Å². The summed E-state index contributed by atoms with van der Waals surface area (Å²) in [4.78, 5) is 0. The molecule has 0 radical (unpaired) electrons. The Kier molecular flexibility index (Phi) is 9.30. The van der Waals surface area contributed by atoms with Crippen LogP contribution in [0.3, 0.4) is 0 Å². The van der Waals surface area contributed by atoms with E-state index in [2.05, 4.69) is 0 Å². The summed E-state index contributed by atoms with van der Waals surface area (Å²) < 4.78 is 24.3. The van der Waals surface area contributed by atoms with Crippen LogP contribution in [-0.2, 0) is 14.2 Å². The Bertz CT molecular complexity index is 869. The van der Waals surface area contributed by atoms with E-state index in [9.17, 15) is 40.9 Å². The van der Waals surface area contributed by atoms with Crippen molar-refractivity contribution in [3.63, 3.8) is 0 Å². The molecule has 9 N–H and O–H groups in total. The lowest BCUT2D eigenvalue weighted by molar-refractivity contribution is -0.381. The number of rotatable bonds is 5. The molecule has 12 heteroatoms. The van der Waals surface area contributed by atoms with Gasteiger partial charge in [0.1, 0.15) is 30.5 Å². The molecule has 3 saturated heterocycles. The minimum Gasteiger partial charge on any atom is -0.427 e. The van der Waals surface area contributed by atoms with Crippen molar-refractivity contribution in [2.75, 3.05) is 6.61 Å². The summed E-state index contributed by atoms with van der Waals surface area (Å²) in [5.74, 6) is 0.0256. The van der Waals surface area contributed by atoms with Crippen LogP contribution in [0.25, 0.3) is 0 Å². The van der Waals surface area contributed by atoms with E-state index in [0.29, 0.717) is 38.5 Å². The van der Waals surface area contributed by atoms with Crippen LogP contribution in [0, 0.1) is 23.7 Å². The van der Waals surface area contributed by atoms with E-state index in [1.165, 1.54) is 0 Å². The fraction of sp³-hybridized carbons (Fsp3) is 1.00. The topological polar surface area (TPSA) is 202 Å². The van der Waals surface area contributed by atoms with Gasteiger partial charge in [0.15, 0.2) is 18.5 Å². The third-order valence-electron chi connectivity index (χ3n) is 11.1. The Balaban J connectivity index is 1.32. The minimum atomic E-state index is -1.57. The lowest BCUT2D eigenvalue weighted by Gasteiger charge is -2.56. The summed E-state index contributed by atoms with van der Waals surface area (Å²) >= 11 is 0. The number of hydrogen-bond acceptors (Lipinski definition) is 11. The molecule has 6 aliphatic rings. The van der Waals surface area contributed by atoms with Gasteiger partial charge in [-0.3, -0.25) is 0 Å². The van der Waals surface area contributed by atoms with Gasteiger partial charge in [-0.2, -0.15) is 0 Å². The Morgan fingerprint density at radius 1 is 0.659 bits per heavy atom. The molecule has 16 atom stereocenters. The van der Waals surface area contributed by atoms with E-state index in [4.69, 9.17) is 18.9 Å². The van der Waals surface area contributed by atoms with Gasteiger partial charge in [-0.05, 0) is 57.3 Å². The molecule has 0 aromatic rings. The highest BCUT2D eigenvalue weighted by atomic mass is 16.7. The first-order valence-corrected chi connectivity index (χ1v) is 15.7. The van der Waals surface area contributed by atoms with Crippen LogP contribution >= 0.6 is 0 Å². The second-order valence-corrected chi connectivity index (χ2v) is 13.6. The highest BCUT2D eigenvalue weighted by Crippen LogP contribution is 2.51. The summed E-state index contributed by atoms with van der Waals surface area (Å²) in [6.07, 6.45) is -4.92. The van der Waals surface area contributed by atoms with E-state index < -0.39 is 67.8 Å². The maximum Gasteiger partial charge on any atom is 0.187 e. The number of ether oxygens (including phenoxy) is 4. The van der Waals surface area contributed by atoms with Gasteiger partial charge in [0.25, 0.3) is 0 Å². The summed E-state index contributed by atoms with van der Waals surface area (Å²) in [6.45, 7) is -0.562. The van der Waals surface area contributed by atoms with Gasteiger partial charge in [-0.25, -0.2) is 0 Å². The van der Waals surface area contributed by atoms with Crippen LogP contribution in [-0.4, -0.2) is 138 Å². The molecule has 12 nitrogen and oxygen atoms in total. The van der Waals surface area contributed by atoms with Crippen molar-refractivity contribution in [3.8, 4) is 0 Å². The highest BCUT2D eigenvalue weighted by molar-refractivity contribution is 5.06. The quantitative estimate of drug-likeness (QED) is 0.166. The summed E-state index contributed by atoms with van der Waals surface area (Å²) in [5, 5.41) is 83.2. The van der Waals surface area contributed by atoms with Gasteiger partial charge in [0, 0.05) is 24.7 Å². The minimum absolute atomic E-state index is 0.0333. The molecule has 6 fully saturated rings. The summed E-state index contributed by atoms with van der Waals surface area (Å²) in [7, 11) is 0. The van der Waals surface area contributed by atoms with E-state index in [1.807, 2.05) is 0 Å². The molecule has 0 aromatic carbocycles. The third-order valence-corrected chi connectivity index (χ3v) is 11.1. The average molecular weight is 590 g/mol. The lowest BCUT2D eigenvalue weighted by atomic mass is 9.63. The van der Waals surface area contributed by atoms with Crippen LogP contribution in [0.1, 0.15) is 64.2 Å². The zero-order chi connectivity index (χ0) is 29.0. The van der Waals surface area contributed by atoms with Crippen molar-refractivity contribution in [1.29, 1.82) is 0 Å². The fourth-order valence-electron chi connectivity index (χ4n) is 8.85. The number of hydrogen-bond donors (Lipinski definition) is 8. The van der Waals surface area contributed by atoms with Crippen molar-refractivity contribution < 1.29 is 59.8 Å². The Morgan fingerprint density at radius 2 is 1.39 bits per heavy atom. The summed E-state index contributed by atoms with van der Waals surface area (Å²) in [5.41, 5.74) is 0. The molecule has 0 bridgehead atoms. The van der Waals surface area contributed by atoms with Gasteiger partial charge in [-0.1, -0.05) is 0 Å². The molecule has 3 saturated carbocycles. The second kappa shape index (κ2) is 12.5. The molecule has 6 rings (SSSR count). The molecule has 3 aliphatic heterocycles. The first kappa shape index (κ1) is 30.5. The zero-order valence-corrected chi connectivity index (χ0v) is 23.4. The van der Waals surface area contributed by atoms with Gasteiger partial charge in [0.2, 0.25) is 0 Å².